The molecule has 1 aliphatic rings. The average molecular weight is 294 g/mol. The first-order chi connectivity index (χ1) is 8.55. The van der Waals surface area contributed by atoms with E-state index in [9.17, 15) is 8.42 Å². The molecule has 6 nitrogen and oxygen atoms in total. The minimum atomic E-state index is -3.48. The third-order valence-corrected chi connectivity index (χ3v) is 4.97. The average Bonchev–Trinajstić information content (AvgIpc) is 2.79. The predicted octanol–water partition coefficient (Wildman–Crippen LogP) is 0.531. The van der Waals surface area contributed by atoms with E-state index in [1.54, 1.807) is 0 Å². The SMILES string of the molecule is CC1COCCN1S(=O)(=O)c1cnn(CCCl)c1. The van der Waals surface area contributed by atoms with E-state index in [-0.39, 0.29) is 10.9 Å². The molecule has 1 fully saturated rings. The van der Waals surface area contributed by atoms with E-state index in [0.717, 1.165) is 0 Å². The zero-order chi connectivity index (χ0) is 13.2. The second kappa shape index (κ2) is 5.56. The van der Waals surface area contributed by atoms with Crippen LogP contribution in [0.3, 0.4) is 0 Å². The Morgan fingerprint density at radius 3 is 3.06 bits per heavy atom. The van der Waals surface area contributed by atoms with Crippen molar-refractivity contribution in [2.45, 2.75) is 24.4 Å². The summed E-state index contributed by atoms with van der Waals surface area (Å²) >= 11 is 5.59. The van der Waals surface area contributed by atoms with Gasteiger partial charge in [0.05, 0.1) is 26.0 Å². The quantitative estimate of drug-likeness (QED) is 0.760. The van der Waals surface area contributed by atoms with E-state index in [1.807, 2.05) is 6.92 Å². The molecule has 2 heterocycles. The lowest BCUT2D eigenvalue weighted by molar-refractivity contribution is 0.0392. The lowest BCUT2D eigenvalue weighted by Gasteiger charge is -2.31. The van der Waals surface area contributed by atoms with E-state index in [4.69, 9.17) is 16.3 Å². The molecule has 0 radical (unpaired) electrons. The Morgan fingerprint density at radius 2 is 2.39 bits per heavy atom. The van der Waals surface area contributed by atoms with Crippen LogP contribution in [0.15, 0.2) is 17.3 Å². The molecule has 1 unspecified atom stereocenters. The van der Waals surface area contributed by atoms with Crippen LogP contribution < -0.4 is 0 Å². The molecular weight excluding hydrogens is 278 g/mol. The van der Waals surface area contributed by atoms with Gasteiger partial charge in [0.1, 0.15) is 4.90 Å². The summed E-state index contributed by atoms with van der Waals surface area (Å²) in [4.78, 5) is 0.210. The number of rotatable bonds is 4. The van der Waals surface area contributed by atoms with Gasteiger partial charge in [-0.2, -0.15) is 9.40 Å². The minimum Gasteiger partial charge on any atom is -0.378 e. The Morgan fingerprint density at radius 1 is 1.61 bits per heavy atom. The number of ether oxygens (including phenoxy) is 1. The highest BCUT2D eigenvalue weighted by Crippen LogP contribution is 2.19. The van der Waals surface area contributed by atoms with Crippen LogP contribution in [0.2, 0.25) is 0 Å². The summed E-state index contributed by atoms with van der Waals surface area (Å²) in [6, 6.07) is -0.153. The second-order valence-electron chi connectivity index (χ2n) is 4.17. The summed E-state index contributed by atoms with van der Waals surface area (Å²) in [6.45, 7) is 3.56. The Hall–Kier alpha value is -0.630. The molecule has 8 heteroatoms. The Balaban J connectivity index is 2.23. The molecule has 0 aromatic carbocycles. The standard InChI is InChI=1S/C10H16ClN3O3S/c1-9-8-17-5-4-14(9)18(15,16)10-6-12-13(7-10)3-2-11/h6-7,9H,2-5,8H2,1H3. The lowest BCUT2D eigenvalue weighted by atomic mass is 10.3. The van der Waals surface area contributed by atoms with Crippen LogP contribution in [0.5, 0.6) is 0 Å². The second-order valence-corrected chi connectivity index (χ2v) is 6.44. The molecule has 102 valence electrons. The third-order valence-electron chi connectivity index (χ3n) is 2.84. The van der Waals surface area contributed by atoms with Crippen LogP contribution in [-0.4, -0.2) is 54.2 Å². The summed E-state index contributed by atoms with van der Waals surface area (Å²) in [5.41, 5.74) is 0. The number of hydrogen-bond donors (Lipinski definition) is 0. The van der Waals surface area contributed by atoms with E-state index in [1.165, 1.54) is 21.4 Å². The van der Waals surface area contributed by atoms with Gasteiger partial charge in [0, 0.05) is 24.7 Å². The van der Waals surface area contributed by atoms with E-state index >= 15 is 0 Å². The summed E-state index contributed by atoms with van der Waals surface area (Å²) < 4.78 is 33.0. The van der Waals surface area contributed by atoms with Crippen LogP contribution in [0.25, 0.3) is 0 Å². The van der Waals surface area contributed by atoms with Gasteiger partial charge in [-0.05, 0) is 6.92 Å². The summed E-state index contributed by atoms with van der Waals surface area (Å²) in [7, 11) is -3.48. The van der Waals surface area contributed by atoms with Gasteiger partial charge in [-0.3, -0.25) is 4.68 Å². The molecule has 0 amide bonds. The molecular formula is C10H16ClN3O3S. The highest BCUT2D eigenvalue weighted by Gasteiger charge is 2.32. The zero-order valence-corrected chi connectivity index (χ0v) is 11.7. The summed E-state index contributed by atoms with van der Waals surface area (Å²) in [6.07, 6.45) is 2.88. The number of aromatic nitrogens is 2. The molecule has 0 bridgehead atoms. The molecule has 1 aliphatic heterocycles. The fourth-order valence-electron chi connectivity index (χ4n) is 1.89. The molecule has 0 N–H and O–H groups in total. The molecule has 0 saturated carbocycles. The highest BCUT2D eigenvalue weighted by atomic mass is 35.5. The van der Waals surface area contributed by atoms with Gasteiger partial charge >= 0.3 is 0 Å². The first kappa shape index (κ1) is 13.8. The van der Waals surface area contributed by atoms with Gasteiger partial charge in [0.2, 0.25) is 10.0 Å². The van der Waals surface area contributed by atoms with Crippen molar-refractivity contribution < 1.29 is 13.2 Å². The molecule has 0 aliphatic carbocycles. The first-order valence-electron chi connectivity index (χ1n) is 5.73. The Kier molecular flexibility index (Phi) is 4.26. The molecule has 18 heavy (non-hydrogen) atoms. The van der Waals surface area contributed by atoms with Crippen LogP contribution in [0.1, 0.15) is 6.92 Å². The van der Waals surface area contributed by atoms with Gasteiger partial charge in [0.25, 0.3) is 0 Å². The molecule has 1 aromatic rings. The van der Waals surface area contributed by atoms with Gasteiger partial charge in [-0.1, -0.05) is 0 Å². The number of alkyl halides is 1. The van der Waals surface area contributed by atoms with Crippen LogP contribution in [-0.2, 0) is 21.3 Å². The minimum absolute atomic E-state index is 0.153. The smallest absolute Gasteiger partial charge is 0.246 e. The fraction of sp³-hybridized carbons (Fsp3) is 0.700. The molecule has 0 spiro atoms. The van der Waals surface area contributed by atoms with Crippen LogP contribution in [0.4, 0.5) is 0 Å². The zero-order valence-electron chi connectivity index (χ0n) is 10.1. The van der Waals surface area contributed by atoms with Crippen molar-refractivity contribution in [1.29, 1.82) is 0 Å². The van der Waals surface area contributed by atoms with E-state index < -0.39 is 10.0 Å². The van der Waals surface area contributed by atoms with Crippen molar-refractivity contribution >= 4 is 21.6 Å². The molecule has 2 rings (SSSR count). The first-order valence-corrected chi connectivity index (χ1v) is 7.71. The summed E-state index contributed by atoms with van der Waals surface area (Å²) in [5.74, 6) is 0.398. The van der Waals surface area contributed by atoms with Crippen LogP contribution >= 0.6 is 11.6 Å². The number of hydrogen-bond acceptors (Lipinski definition) is 4. The number of halogens is 1. The van der Waals surface area contributed by atoms with Gasteiger partial charge in [0.15, 0.2) is 0 Å². The third kappa shape index (κ3) is 2.69. The predicted molar refractivity (Wildman–Crippen MR) is 67.1 cm³/mol. The molecule has 1 aromatic heterocycles. The van der Waals surface area contributed by atoms with E-state index in [2.05, 4.69) is 5.10 Å². The van der Waals surface area contributed by atoms with Crippen LogP contribution in [0, 0.1) is 0 Å². The highest BCUT2D eigenvalue weighted by molar-refractivity contribution is 7.89. The van der Waals surface area contributed by atoms with Crippen molar-refractivity contribution in [3.05, 3.63) is 12.4 Å². The normalized spacial score (nSPS) is 22.2. The largest absolute Gasteiger partial charge is 0.378 e. The molecule has 1 saturated heterocycles. The number of morpholine rings is 1. The molecule has 1 atom stereocenters. The van der Waals surface area contributed by atoms with E-state index in [0.29, 0.717) is 32.2 Å². The van der Waals surface area contributed by atoms with Gasteiger partial charge < -0.3 is 4.74 Å². The summed E-state index contributed by atoms with van der Waals surface area (Å²) in [5, 5.41) is 3.99. The monoisotopic (exact) mass is 293 g/mol. The van der Waals surface area contributed by atoms with Crippen molar-refractivity contribution in [3.8, 4) is 0 Å². The van der Waals surface area contributed by atoms with Gasteiger partial charge in [-0.25, -0.2) is 8.42 Å². The number of nitrogens with zero attached hydrogens (tertiary/aromatic N) is 3. The van der Waals surface area contributed by atoms with Crippen molar-refractivity contribution in [2.75, 3.05) is 25.6 Å². The van der Waals surface area contributed by atoms with Gasteiger partial charge in [-0.15, -0.1) is 11.6 Å². The fourth-order valence-corrected chi connectivity index (χ4v) is 3.62. The Labute approximate surface area is 112 Å². The van der Waals surface area contributed by atoms with Crippen molar-refractivity contribution in [2.24, 2.45) is 0 Å². The maximum Gasteiger partial charge on any atom is 0.246 e. The van der Waals surface area contributed by atoms with Crippen molar-refractivity contribution in [3.63, 3.8) is 0 Å². The lowest BCUT2D eigenvalue weighted by Crippen LogP contribution is -2.46. The topological polar surface area (TPSA) is 64.4 Å². The maximum absolute atomic E-state index is 12.4. The Bertz CT molecular complexity index is 502. The number of sulfonamides is 1. The van der Waals surface area contributed by atoms with Crippen molar-refractivity contribution in [1.82, 2.24) is 14.1 Å². The maximum atomic E-state index is 12.4. The number of aryl methyl sites for hydroxylation is 1.